The third-order valence-electron chi connectivity index (χ3n) is 3.27. The van der Waals surface area contributed by atoms with Gasteiger partial charge in [0, 0.05) is 18.1 Å². The number of aromatic nitrogens is 2. The maximum atomic E-state index is 12.5. The Labute approximate surface area is 126 Å². The molecule has 0 bridgehead atoms. The summed E-state index contributed by atoms with van der Waals surface area (Å²) in [7, 11) is 0. The van der Waals surface area contributed by atoms with Crippen molar-refractivity contribution in [2.45, 2.75) is 31.8 Å². The van der Waals surface area contributed by atoms with Crippen LogP contribution in [0, 0.1) is 5.92 Å². The average Bonchev–Trinajstić information content (AvgIpc) is 2.86. The zero-order chi connectivity index (χ0) is 15.6. The lowest BCUT2D eigenvalue weighted by atomic mass is 10.1. The molecule has 2 unspecified atom stereocenters. The molecular weight excluding hydrogens is 294 g/mol. The predicted octanol–water partition coefficient (Wildman–Crippen LogP) is 0.254. The average molecular weight is 311 g/mol. The van der Waals surface area contributed by atoms with Crippen molar-refractivity contribution < 1.29 is 14.7 Å². The van der Waals surface area contributed by atoms with Crippen molar-refractivity contribution in [3.8, 4) is 0 Å². The molecule has 21 heavy (non-hydrogen) atoms. The number of nitrogens with zero attached hydrogens (tertiary/aromatic N) is 3. The van der Waals surface area contributed by atoms with Crippen molar-refractivity contribution in [1.29, 1.82) is 0 Å². The summed E-state index contributed by atoms with van der Waals surface area (Å²) in [6.07, 6.45) is 2.82. The highest BCUT2D eigenvalue weighted by atomic mass is 32.2. The van der Waals surface area contributed by atoms with Gasteiger partial charge in [-0.15, -0.1) is 11.8 Å². The van der Waals surface area contributed by atoms with E-state index in [4.69, 9.17) is 0 Å². The van der Waals surface area contributed by atoms with E-state index in [1.165, 1.54) is 33.6 Å². The molecule has 2 atom stereocenters. The van der Waals surface area contributed by atoms with Crippen LogP contribution in [0.2, 0.25) is 0 Å². The molecule has 1 amide bonds. The Kier molecular flexibility index (Phi) is 4.66. The second-order valence-corrected chi connectivity index (χ2v) is 6.30. The van der Waals surface area contributed by atoms with Crippen LogP contribution in [-0.4, -0.2) is 48.6 Å². The van der Waals surface area contributed by atoms with Gasteiger partial charge < -0.3 is 10.0 Å². The van der Waals surface area contributed by atoms with Gasteiger partial charge in [0.25, 0.3) is 0 Å². The second kappa shape index (κ2) is 6.30. The fourth-order valence-electron chi connectivity index (χ4n) is 2.28. The third-order valence-corrected chi connectivity index (χ3v) is 4.89. The summed E-state index contributed by atoms with van der Waals surface area (Å²) in [6.45, 7) is 3.69. The first-order chi connectivity index (χ1) is 9.91. The van der Waals surface area contributed by atoms with Gasteiger partial charge in [-0.3, -0.25) is 9.36 Å². The van der Waals surface area contributed by atoms with Gasteiger partial charge in [0.05, 0.1) is 5.37 Å². The van der Waals surface area contributed by atoms with Crippen LogP contribution in [0.3, 0.4) is 0 Å². The molecule has 1 aliphatic rings. The topological polar surface area (TPSA) is 92.5 Å². The number of rotatable bonds is 4. The van der Waals surface area contributed by atoms with Gasteiger partial charge in [0.1, 0.15) is 12.6 Å². The Bertz CT molecular complexity index is 601. The van der Waals surface area contributed by atoms with Crippen LogP contribution in [0.5, 0.6) is 0 Å². The third kappa shape index (κ3) is 3.26. The Morgan fingerprint density at radius 2 is 2.24 bits per heavy atom. The van der Waals surface area contributed by atoms with E-state index in [1.54, 1.807) is 6.07 Å². The highest BCUT2D eigenvalue weighted by Crippen LogP contribution is 2.34. The van der Waals surface area contributed by atoms with Gasteiger partial charge in [-0.05, 0) is 12.0 Å². The van der Waals surface area contributed by atoms with Crippen molar-refractivity contribution in [2.24, 2.45) is 5.92 Å². The maximum absolute atomic E-state index is 12.5. The molecule has 0 aromatic carbocycles. The second-order valence-electron chi connectivity index (χ2n) is 5.15. The maximum Gasteiger partial charge on any atom is 0.347 e. The van der Waals surface area contributed by atoms with Crippen LogP contribution in [-0.2, 0) is 16.1 Å². The molecule has 2 rings (SSSR count). The van der Waals surface area contributed by atoms with E-state index in [9.17, 15) is 19.5 Å². The number of carboxylic acid groups (broad SMARTS) is 1. The fraction of sp³-hybridized carbons (Fsp3) is 0.538. The van der Waals surface area contributed by atoms with Gasteiger partial charge in [-0.25, -0.2) is 14.6 Å². The molecule has 0 aliphatic carbocycles. The van der Waals surface area contributed by atoms with Gasteiger partial charge >= 0.3 is 11.7 Å². The Morgan fingerprint density at radius 3 is 2.81 bits per heavy atom. The minimum Gasteiger partial charge on any atom is -0.480 e. The van der Waals surface area contributed by atoms with E-state index in [-0.39, 0.29) is 23.7 Å². The number of carbonyl (C=O) groups excluding carboxylic acids is 1. The molecule has 0 spiro atoms. The summed E-state index contributed by atoms with van der Waals surface area (Å²) in [6, 6.07) is 0.712. The summed E-state index contributed by atoms with van der Waals surface area (Å²) >= 11 is 1.46. The molecule has 1 saturated heterocycles. The van der Waals surface area contributed by atoms with E-state index >= 15 is 0 Å². The van der Waals surface area contributed by atoms with Crippen LogP contribution < -0.4 is 5.69 Å². The van der Waals surface area contributed by atoms with E-state index < -0.39 is 17.7 Å². The van der Waals surface area contributed by atoms with Crippen molar-refractivity contribution in [2.75, 3.05) is 5.75 Å². The number of amides is 1. The Morgan fingerprint density at radius 1 is 1.52 bits per heavy atom. The minimum absolute atomic E-state index is 0.133. The van der Waals surface area contributed by atoms with E-state index in [0.29, 0.717) is 5.75 Å². The monoisotopic (exact) mass is 311 g/mol. The van der Waals surface area contributed by atoms with Crippen LogP contribution in [0.15, 0.2) is 23.3 Å². The van der Waals surface area contributed by atoms with E-state index in [1.807, 2.05) is 13.8 Å². The largest absolute Gasteiger partial charge is 0.480 e. The number of carbonyl (C=O) groups is 2. The molecule has 7 nitrogen and oxygen atoms in total. The summed E-state index contributed by atoms with van der Waals surface area (Å²) in [5, 5.41) is 9.08. The van der Waals surface area contributed by atoms with Crippen LogP contribution in [0.1, 0.15) is 13.8 Å². The first-order valence-electron chi connectivity index (χ1n) is 6.59. The first kappa shape index (κ1) is 15.6. The number of thioether (sulfide) groups is 1. The molecule has 114 valence electrons. The summed E-state index contributed by atoms with van der Waals surface area (Å²) in [5.74, 6) is -0.890. The molecule has 0 saturated carbocycles. The zero-order valence-corrected chi connectivity index (χ0v) is 12.6. The van der Waals surface area contributed by atoms with Gasteiger partial charge in [0.2, 0.25) is 5.91 Å². The molecule has 1 N–H and O–H groups in total. The molecule has 8 heteroatoms. The standard InChI is InChI=1S/C13H17N3O4S/c1-8(2)11-16(9(7-21-11)12(18)19)10(17)6-15-5-3-4-14-13(15)20/h3-5,8-9,11H,6-7H2,1-2H3,(H,18,19). The lowest BCUT2D eigenvalue weighted by Gasteiger charge is -2.29. The number of aliphatic carboxylic acids is 1. The normalized spacial score (nSPS) is 21.8. The lowest BCUT2D eigenvalue weighted by molar-refractivity contribution is -0.149. The zero-order valence-electron chi connectivity index (χ0n) is 11.8. The number of hydrogen-bond donors (Lipinski definition) is 1. The van der Waals surface area contributed by atoms with Crippen LogP contribution >= 0.6 is 11.8 Å². The fourth-order valence-corrected chi connectivity index (χ4v) is 3.77. The van der Waals surface area contributed by atoms with Crippen molar-refractivity contribution in [3.05, 3.63) is 28.9 Å². The smallest absolute Gasteiger partial charge is 0.347 e. The minimum atomic E-state index is -1.02. The molecule has 1 aromatic heterocycles. The van der Waals surface area contributed by atoms with Crippen molar-refractivity contribution in [3.63, 3.8) is 0 Å². The molecule has 1 aromatic rings. The predicted molar refractivity (Wildman–Crippen MR) is 77.9 cm³/mol. The summed E-state index contributed by atoms with van der Waals surface area (Å²) in [5.41, 5.74) is -0.523. The van der Waals surface area contributed by atoms with Crippen molar-refractivity contribution in [1.82, 2.24) is 14.5 Å². The highest BCUT2D eigenvalue weighted by molar-refractivity contribution is 8.00. The molecule has 1 aliphatic heterocycles. The summed E-state index contributed by atoms with van der Waals surface area (Å²) < 4.78 is 1.18. The SMILES string of the molecule is CC(C)C1SCC(C(=O)O)N1C(=O)Cn1cccnc1=O. The van der Waals surface area contributed by atoms with Gasteiger partial charge in [0.15, 0.2) is 0 Å². The first-order valence-corrected chi connectivity index (χ1v) is 7.63. The number of hydrogen-bond acceptors (Lipinski definition) is 5. The molecule has 0 radical (unpaired) electrons. The summed E-state index contributed by atoms with van der Waals surface area (Å²) in [4.78, 5) is 40.3. The molecular formula is C13H17N3O4S. The van der Waals surface area contributed by atoms with Gasteiger partial charge in [-0.2, -0.15) is 0 Å². The van der Waals surface area contributed by atoms with Crippen LogP contribution in [0.4, 0.5) is 0 Å². The van der Waals surface area contributed by atoms with Gasteiger partial charge in [-0.1, -0.05) is 13.8 Å². The lowest BCUT2D eigenvalue weighted by Crippen LogP contribution is -2.49. The molecule has 1 fully saturated rings. The van der Waals surface area contributed by atoms with Crippen molar-refractivity contribution >= 4 is 23.6 Å². The van der Waals surface area contributed by atoms with E-state index in [2.05, 4.69) is 4.98 Å². The quantitative estimate of drug-likeness (QED) is 0.857. The molecule has 2 heterocycles. The van der Waals surface area contributed by atoms with E-state index in [0.717, 1.165) is 0 Å². The van der Waals surface area contributed by atoms with Crippen LogP contribution in [0.25, 0.3) is 0 Å². The Balaban J connectivity index is 2.23. The number of carboxylic acids is 1. The Hall–Kier alpha value is -1.83. The highest BCUT2D eigenvalue weighted by Gasteiger charge is 2.42.